The molecule has 10 heteroatoms. The summed E-state index contributed by atoms with van der Waals surface area (Å²) in [6.07, 6.45) is 0. The van der Waals surface area contributed by atoms with Crippen LogP contribution in [0.3, 0.4) is 0 Å². The van der Waals surface area contributed by atoms with Crippen LogP contribution in [0.2, 0.25) is 0 Å². The Morgan fingerprint density at radius 3 is 1.48 bits per heavy atom. The van der Waals surface area contributed by atoms with E-state index in [9.17, 15) is 21.6 Å². The van der Waals surface area contributed by atoms with Crippen molar-refractivity contribution < 1.29 is 25.7 Å². The fourth-order valence-electron chi connectivity index (χ4n) is 1.76. The molecule has 0 amide bonds. The van der Waals surface area contributed by atoms with Crippen LogP contribution < -0.4 is 10.9 Å². The Hall–Kier alpha value is -0.335. The molecule has 0 saturated heterocycles. The van der Waals surface area contributed by atoms with Crippen molar-refractivity contribution in [2.45, 2.75) is 5.51 Å². The molecule has 2 rings (SSSR count). The van der Waals surface area contributed by atoms with Gasteiger partial charge in [-0.15, -0.1) is 0 Å². The molecule has 0 N–H and O–H groups in total. The first-order valence-corrected chi connectivity index (χ1v) is 9.67. The van der Waals surface area contributed by atoms with E-state index in [2.05, 4.69) is 4.10 Å². The van der Waals surface area contributed by atoms with Crippen molar-refractivity contribution in [1.29, 1.82) is 0 Å². The van der Waals surface area contributed by atoms with E-state index in [0.29, 0.717) is 10.9 Å². The van der Waals surface area contributed by atoms with Gasteiger partial charge in [0.15, 0.2) is 0 Å². The largest absolute Gasteiger partial charge is 0.521 e. The van der Waals surface area contributed by atoms with E-state index in [1.165, 1.54) is 24.3 Å². The first-order valence-electron chi connectivity index (χ1n) is 6.10. The molecule has 0 atom stereocenters. The molecule has 0 fully saturated rings. The Morgan fingerprint density at radius 1 is 0.826 bits per heavy atom. The molecular formula is C13H8BF3I2O3S. The van der Waals surface area contributed by atoms with Crippen LogP contribution in [-0.4, -0.2) is 20.8 Å². The van der Waals surface area contributed by atoms with E-state index in [4.69, 9.17) is 0 Å². The number of hydrogen-bond acceptors (Lipinski definition) is 3. The monoisotopic (exact) mass is 566 g/mol. The fraction of sp³-hybridized carbons (Fsp3) is 0.0769. The number of rotatable bonds is 4. The summed E-state index contributed by atoms with van der Waals surface area (Å²) in [5.41, 5.74) is -4.84. The van der Waals surface area contributed by atoms with Crippen LogP contribution in [0.5, 0.6) is 0 Å². The van der Waals surface area contributed by atoms with E-state index in [-0.39, 0.29) is 0 Å². The third kappa shape index (κ3) is 4.83. The zero-order chi connectivity index (χ0) is 17.3. The molecule has 0 saturated carbocycles. The van der Waals surface area contributed by atoms with Crippen molar-refractivity contribution >= 4 is 73.1 Å². The van der Waals surface area contributed by atoms with Gasteiger partial charge < -0.3 is 4.10 Å². The lowest BCUT2D eigenvalue weighted by molar-refractivity contribution is -0.0500. The first kappa shape index (κ1) is 19.0. The highest BCUT2D eigenvalue weighted by Gasteiger charge is 2.49. The lowest BCUT2D eigenvalue weighted by Gasteiger charge is -2.16. The van der Waals surface area contributed by atoms with Gasteiger partial charge in [0, 0.05) is 7.14 Å². The Balaban J connectivity index is 2.48. The van der Waals surface area contributed by atoms with Gasteiger partial charge in [-0.2, -0.15) is 21.6 Å². The Morgan fingerprint density at radius 2 is 1.17 bits per heavy atom. The molecule has 23 heavy (non-hydrogen) atoms. The number of hydrogen-bond donors (Lipinski definition) is 0. The Labute approximate surface area is 159 Å². The van der Waals surface area contributed by atoms with Crippen molar-refractivity contribution in [3.8, 4) is 0 Å². The second kappa shape index (κ2) is 7.27. The molecule has 122 valence electrons. The SMILES string of the molecule is O=S(=O)(OB(c1ccc(I)cc1)c1ccc(I)cc1)C(F)(F)F. The zero-order valence-corrected chi connectivity index (χ0v) is 16.4. The molecule has 0 heterocycles. The highest BCUT2D eigenvalue weighted by atomic mass is 127. The summed E-state index contributed by atoms with van der Waals surface area (Å²) in [4.78, 5) is 0. The van der Waals surface area contributed by atoms with Gasteiger partial charge in [-0.05, 0) is 80.4 Å². The topological polar surface area (TPSA) is 43.4 Å². The lowest BCUT2D eigenvalue weighted by Crippen LogP contribution is -2.48. The van der Waals surface area contributed by atoms with Gasteiger partial charge in [-0.1, -0.05) is 24.3 Å². The number of halogens is 5. The van der Waals surface area contributed by atoms with Gasteiger partial charge in [-0.3, -0.25) is 0 Å². The highest BCUT2D eigenvalue weighted by molar-refractivity contribution is 14.1. The predicted octanol–water partition coefficient (Wildman–Crippen LogP) is 2.87. The van der Waals surface area contributed by atoms with Gasteiger partial charge in [-0.25, -0.2) is 0 Å². The van der Waals surface area contributed by atoms with E-state index >= 15 is 0 Å². The molecule has 0 spiro atoms. The van der Waals surface area contributed by atoms with Crippen LogP contribution in [-0.2, 0) is 14.2 Å². The van der Waals surface area contributed by atoms with Crippen molar-refractivity contribution in [3.05, 3.63) is 55.7 Å². The van der Waals surface area contributed by atoms with Gasteiger partial charge in [0.2, 0.25) is 0 Å². The summed E-state index contributed by atoms with van der Waals surface area (Å²) in [7, 11) is -5.72. The molecule has 2 aromatic carbocycles. The summed E-state index contributed by atoms with van der Waals surface area (Å²) in [5.74, 6) is 0. The van der Waals surface area contributed by atoms with Gasteiger partial charge >= 0.3 is 22.5 Å². The number of alkyl halides is 3. The quantitative estimate of drug-likeness (QED) is 0.325. The minimum atomic E-state index is -5.72. The standard InChI is InChI=1S/C13H8BF3I2O3S/c15-13(16,17)23(20,21)22-14(9-1-5-11(18)6-2-9)10-3-7-12(19)8-4-10/h1-8H. The summed E-state index contributed by atoms with van der Waals surface area (Å²) in [6, 6.07) is 12.8. The minimum Gasteiger partial charge on any atom is -0.314 e. The molecule has 2 aromatic rings. The zero-order valence-electron chi connectivity index (χ0n) is 11.2. The van der Waals surface area contributed by atoms with Crippen LogP contribution in [0.25, 0.3) is 0 Å². The third-order valence-corrected chi connectivity index (χ3v) is 5.30. The Kier molecular flexibility index (Phi) is 6.01. The molecule has 0 unspecified atom stereocenters. The maximum Gasteiger partial charge on any atom is 0.521 e. The van der Waals surface area contributed by atoms with Crippen LogP contribution in [0.15, 0.2) is 48.5 Å². The van der Waals surface area contributed by atoms with E-state index in [1.54, 1.807) is 24.3 Å². The van der Waals surface area contributed by atoms with Crippen LogP contribution >= 0.6 is 45.2 Å². The molecule has 0 aliphatic carbocycles. The Bertz CT molecular complexity index is 732. The molecular weight excluding hydrogens is 558 g/mol. The van der Waals surface area contributed by atoms with E-state index in [1.807, 2.05) is 45.2 Å². The molecule has 0 aliphatic rings. The van der Waals surface area contributed by atoms with Crippen LogP contribution in [0, 0.1) is 7.14 Å². The van der Waals surface area contributed by atoms with Gasteiger partial charge in [0.05, 0.1) is 0 Å². The summed E-state index contributed by atoms with van der Waals surface area (Å²) < 4.78 is 66.9. The third-order valence-electron chi connectivity index (χ3n) is 2.85. The minimum absolute atomic E-state index is 0.319. The maximum atomic E-state index is 12.6. The summed E-state index contributed by atoms with van der Waals surface area (Å²) in [5, 5.41) is 0. The average Bonchev–Trinajstić information content (AvgIpc) is 2.46. The van der Waals surface area contributed by atoms with Crippen molar-refractivity contribution in [2.75, 3.05) is 0 Å². The summed E-state index contributed by atoms with van der Waals surface area (Å²) >= 11 is 4.08. The van der Waals surface area contributed by atoms with Crippen LogP contribution in [0.4, 0.5) is 13.2 Å². The van der Waals surface area contributed by atoms with Crippen LogP contribution in [0.1, 0.15) is 0 Å². The molecule has 0 aromatic heterocycles. The van der Waals surface area contributed by atoms with E-state index < -0.39 is 22.5 Å². The summed E-state index contributed by atoms with van der Waals surface area (Å²) in [6.45, 7) is -1.37. The maximum absolute atomic E-state index is 12.6. The lowest BCUT2D eigenvalue weighted by atomic mass is 9.56. The highest BCUT2D eigenvalue weighted by Crippen LogP contribution is 2.25. The molecule has 0 bridgehead atoms. The second-order valence-corrected chi connectivity index (χ2v) is 8.53. The predicted molar refractivity (Wildman–Crippen MR) is 99.4 cm³/mol. The van der Waals surface area contributed by atoms with Crippen molar-refractivity contribution in [3.63, 3.8) is 0 Å². The molecule has 0 radical (unpaired) electrons. The van der Waals surface area contributed by atoms with Gasteiger partial charge in [0.1, 0.15) is 0 Å². The van der Waals surface area contributed by atoms with Gasteiger partial charge in [0.25, 0.3) is 0 Å². The number of benzene rings is 2. The average molecular weight is 566 g/mol. The fourth-order valence-corrected chi connectivity index (χ4v) is 3.06. The van der Waals surface area contributed by atoms with Crippen molar-refractivity contribution in [1.82, 2.24) is 0 Å². The van der Waals surface area contributed by atoms with E-state index in [0.717, 1.165) is 7.14 Å². The molecule has 0 aliphatic heterocycles. The second-order valence-electron chi connectivity index (χ2n) is 4.48. The first-order chi connectivity index (χ1) is 10.6. The molecule has 3 nitrogen and oxygen atoms in total. The smallest absolute Gasteiger partial charge is 0.314 e. The van der Waals surface area contributed by atoms with Crippen molar-refractivity contribution in [2.24, 2.45) is 0 Å². The normalized spacial score (nSPS) is 12.2.